The van der Waals surface area contributed by atoms with E-state index in [4.69, 9.17) is 0 Å². The van der Waals surface area contributed by atoms with Crippen LogP contribution in [0.1, 0.15) is 49.9 Å². The van der Waals surface area contributed by atoms with Crippen LogP contribution in [-0.4, -0.2) is 15.8 Å². The number of rotatable bonds is 3. The summed E-state index contributed by atoms with van der Waals surface area (Å²) >= 11 is 0. The largest absolute Gasteiger partial charge is 0.294 e. The van der Waals surface area contributed by atoms with E-state index in [0.717, 1.165) is 24.7 Å². The van der Waals surface area contributed by atoms with E-state index in [1.165, 1.54) is 19.2 Å². The van der Waals surface area contributed by atoms with Crippen LogP contribution in [0.4, 0.5) is 0 Å². The van der Waals surface area contributed by atoms with E-state index < -0.39 is 0 Å². The first kappa shape index (κ1) is 12.2. The van der Waals surface area contributed by atoms with Gasteiger partial charge in [-0.05, 0) is 37.5 Å². The van der Waals surface area contributed by atoms with Crippen molar-refractivity contribution in [3.05, 3.63) is 24.3 Å². The molecule has 92 valence electrons. The fraction of sp³-hybridized carbons (Fsp3) is 0.643. The van der Waals surface area contributed by atoms with E-state index in [2.05, 4.69) is 23.8 Å². The van der Waals surface area contributed by atoms with Crippen molar-refractivity contribution in [1.82, 2.24) is 9.97 Å². The second-order valence-corrected chi connectivity index (χ2v) is 5.35. The minimum atomic E-state index is 0.191. The average molecular weight is 232 g/mol. The molecule has 1 aliphatic carbocycles. The van der Waals surface area contributed by atoms with Crippen molar-refractivity contribution in [3.63, 3.8) is 0 Å². The molecule has 1 heterocycles. The maximum absolute atomic E-state index is 12.2. The molecular weight excluding hydrogens is 212 g/mol. The lowest BCUT2D eigenvalue weighted by atomic mass is 9.75. The Morgan fingerprint density at radius 2 is 1.76 bits per heavy atom. The first-order chi connectivity index (χ1) is 8.18. The molecule has 3 nitrogen and oxygen atoms in total. The molecule has 0 amide bonds. The summed E-state index contributed by atoms with van der Waals surface area (Å²) in [7, 11) is 0. The van der Waals surface area contributed by atoms with Crippen LogP contribution >= 0.6 is 0 Å². The van der Waals surface area contributed by atoms with Crippen molar-refractivity contribution in [2.45, 2.75) is 39.5 Å². The molecule has 1 aliphatic rings. The van der Waals surface area contributed by atoms with Crippen molar-refractivity contribution in [3.8, 4) is 0 Å². The van der Waals surface area contributed by atoms with Gasteiger partial charge in [0.05, 0.1) is 5.56 Å². The van der Waals surface area contributed by atoms with Crippen LogP contribution in [0.15, 0.2) is 18.7 Å². The molecule has 0 saturated heterocycles. The quantitative estimate of drug-likeness (QED) is 0.752. The number of ketones is 1. The van der Waals surface area contributed by atoms with Gasteiger partial charge in [0.2, 0.25) is 0 Å². The molecule has 0 unspecified atom stereocenters. The van der Waals surface area contributed by atoms with Crippen LogP contribution in [0.2, 0.25) is 0 Å². The minimum absolute atomic E-state index is 0.191. The van der Waals surface area contributed by atoms with Gasteiger partial charge >= 0.3 is 0 Å². The highest BCUT2D eigenvalue weighted by molar-refractivity contribution is 5.97. The normalized spacial score (nSPS) is 24.9. The van der Waals surface area contributed by atoms with Gasteiger partial charge in [-0.3, -0.25) is 4.79 Å². The van der Waals surface area contributed by atoms with E-state index in [0.29, 0.717) is 5.56 Å². The molecular formula is C14H20N2O. The Labute approximate surface area is 103 Å². The van der Waals surface area contributed by atoms with Crippen molar-refractivity contribution in [1.29, 1.82) is 0 Å². The van der Waals surface area contributed by atoms with Crippen LogP contribution in [0.5, 0.6) is 0 Å². The Morgan fingerprint density at radius 1 is 1.18 bits per heavy atom. The molecule has 1 fully saturated rings. The topological polar surface area (TPSA) is 42.9 Å². The van der Waals surface area contributed by atoms with Crippen LogP contribution in [0.25, 0.3) is 0 Å². The van der Waals surface area contributed by atoms with Crippen LogP contribution in [-0.2, 0) is 0 Å². The monoisotopic (exact) mass is 232 g/mol. The Bertz CT molecular complexity index is 367. The Hall–Kier alpha value is -1.25. The van der Waals surface area contributed by atoms with Gasteiger partial charge in [-0.25, -0.2) is 9.97 Å². The summed E-state index contributed by atoms with van der Waals surface area (Å²) in [6.45, 7) is 4.55. The summed E-state index contributed by atoms with van der Waals surface area (Å²) < 4.78 is 0. The van der Waals surface area contributed by atoms with E-state index in [1.54, 1.807) is 12.4 Å². The average Bonchev–Trinajstić information content (AvgIpc) is 2.39. The van der Waals surface area contributed by atoms with Crippen LogP contribution in [0, 0.1) is 17.8 Å². The highest BCUT2D eigenvalue weighted by Gasteiger charge is 2.28. The van der Waals surface area contributed by atoms with E-state index in [-0.39, 0.29) is 11.7 Å². The molecule has 0 radical (unpaired) electrons. The Morgan fingerprint density at radius 3 is 2.29 bits per heavy atom. The van der Waals surface area contributed by atoms with Crippen LogP contribution in [0.3, 0.4) is 0 Å². The third-order valence-corrected chi connectivity index (χ3v) is 3.93. The van der Waals surface area contributed by atoms with Gasteiger partial charge in [0.25, 0.3) is 0 Å². The molecule has 0 bridgehead atoms. The van der Waals surface area contributed by atoms with Crippen molar-refractivity contribution >= 4 is 5.78 Å². The third kappa shape index (κ3) is 2.90. The fourth-order valence-corrected chi connectivity index (χ4v) is 2.71. The number of hydrogen-bond acceptors (Lipinski definition) is 3. The van der Waals surface area contributed by atoms with Crippen molar-refractivity contribution in [2.75, 3.05) is 0 Å². The number of aromatic nitrogens is 2. The summed E-state index contributed by atoms with van der Waals surface area (Å²) in [6.07, 6.45) is 9.14. The molecule has 0 spiro atoms. The van der Waals surface area contributed by atoms with Gasteiger partial charge in [0.1, 0.15) is 6.33 Å². The van der Waals surface area contributed by atoms with Gasteiger partial charge in [-0.15, -0.1) is 0 Å². The molecule has 3 heteroatoms. The zero-order chi connectivity index (χ0) is 12.3. The molecule has 1 saturated carbocycles. The van der Waals surface area contributed by atoms with Crippen molar-refractivity contribution in [2.24, 2.45) is 17.8 Å². The van der Waals surface area contributed by atoms with Gasteiger partial charge < -0.3 is 0 Å². The summed E-state index contributed by atoms with van der Waals surface area (Å²) in [6, 6.07) is 0. The molecule has 0 aromatic carbocycles. The second kappa shape index (κ2) is 5.39. The smallest absolute Gasteiger partial charge is 0.169 e. The highest BCUT2D eigenvalue weighted by Crippen LogP contribution is 2.34. The third-order valence-electron chi connectivity index (χ3n) is 3.93. The Balaban J connectivity index is 1.95. The maximum Gasteiger partial charge on any atom is 0.169 e. The number of carbonyl (C=O) groups is 1. The lowest BCUT2D eigenvalue weighted by Crippen LogP contribution is -2.24. The van der Waals surface area contributed by atoms with Crippen molar-refractivity contribution < 1.29 is 4.79 Å². The minimum Gasteiger partial charge on any atom is -0.294 e. The number of hydrogen-bond donors (Lipinski definition) is 0. The fourth-order valence-electron chi connectivity index (χ4n) is 2.71. The van der Waals surface area contributed by atoms with E-state index >= 15 is 0 Å². The number of Topliss-reactive ketones (excluding diaryl/α,β-unsaturated/α-hetero) is 1. The zero-order valence-electron chi connectivity index (χ0n) is 10.6. The molecule has 2 rings (SSSR count). The molecule has 17 heavy (non-hydrogen) atoms. The summed E-state index contributed by atoms with van der Waals surface area (Å²) in [5.41, 5.74) is 0.667. The Kier molecular flexibility index (Phi) is 3.87. The number of nitrogens with zero attached hydrogens (tertiary/aromatic N) is 2. The van der Waals surface area contributed by atoms with E-state index in [9.17, 15) is 4.79 Å². The molecule has 1 aromatic heterocycles. The number of carbonyl (C=O) groups excluding carboxylic acids is 1. The summed E-state index contributed by atoms with van der Waals surface area (Å²) in [4.78, 5) is 20.0. The van der Waals surface area contributed by atoms with E-state index in [1.807, 2.05) is 0 Å². The SMILES string of the molecule is CC(C)C1CCC(C(=O)c2cncnc2)CC1. The first-order valence-corrected chi connectivity index (χ1v) is 6.47. The van der Waals surface area contributed by atoms with Gasteiger partial charge in [0, 0.05) is 18.3 Å². The first-order valence-electron chi connectivity index (χ1n) is 6.47. The molecule has 0 aliphatic heterocycles. The highest BCUT2D eigenvalue weighted by atomic mass is 16.1. The van der Waals surface area contributed by atoms with Gasteiger partial charge in [-0.2, -0.15) is 0 Å². The summed E-state index contributed by atoms with van der Waals surface area (Å²) in [5, 5.41) is 0. The van der Waals surface area contributed by atoms with Crippen LogP contribution < -0.4 is 0 Å². The van der Waals surface area contributed by atoms with Gasteiger partial charge in [-0.1, -0.05) is 13.8 Å². The summed E-state index contributed by atoms with van der Waals surface area (Å²) in [5.74, 6) is 1.96. The second-order valence-electron chi connectivity index (χ2n) is 5.35. The lowest BCUT2D eigenvalue weighted by molar-refractivity contribution is 0.0858. The molecule has 0 atom stereocenters. The zero-order valence-corrected chi connectivity index (χ0v) is 10.6. The lowest BCUT2D eigenvalue weighted by Gasteiger charge is -2.29. The standard InChI is InChI=1S/C14H20N2O/c1-10(2)11-3-5-12(6-4-11)14(17)13-7-15-9-16-8-13/h7-12H,3-6H2,1-2H3. The molecule has 0 N–H and O–H groups in total. The predicted octanol–water partition coefficient (Wildman–Crippen LogP) is 3.12. The van der Waals surface area contributed by atoms with Gasteiger partial charge in [0.15, 0.2) is 5.78 Å². The maximum atomic E-state index is 12.2. The molecule has 1 aromatic rings. The predicted molar refractivity (Wildman–Crippen MR) is 66.6 cm³/mol.